The lowest BCUT2D eigenvalue weighted by Crippen LogP contribution is -2.32. The lowest BCUT2D eigenvalue weighted by Gasteiger charge is -2.29. The van der Waals surface area contributed by atoms with E-state index in [-0.39, 0.29) is 11.6 Å². The molecule has 0 spiro atoms. The normalized spacial score (nSPS) is 10.5. The van der Waals surface area contributed by atoms with Crippen molar-refractivity contribution >= 4 is 11.7 Å². The van der Waals surface area contributed by atoms with Crippen molar-refractivity contribution in [1.82, 2.24) is 4.98 Å². The van der Waals surface area contributed by atoms with Gasteiger partial charge in [-0.2, -0.15) is 0 Å². The van der Waals surface area contributed by atoms with Gasteiger partial charge in [0.15, 0.2) is 0 Å². The summed E-state index contributed by atoms with van der Waals surface area (Å²) < 4.78 is 0. The second-order valence-electron chi connectivity index (χ2n) is 3.99. The predicted molar refractivity (Wildman–Crippen MR) is 64.0 cm³/mol. The highest BCUT2D eigenvalue weighted by Gasteiger charge is 2.17. The van der Waals surface area contributed by atoms with Crippen molar-refractivity contribution in [3.63, 3.8) is 0 Å². The number of nitrogens with zero attached hydrogens (tertiary/aromatic N) is 2. The summed E-state index contributed by atoms with van der Waals surface area (Å²) in [6.45, 7) is 7.04. The Bertz CT molecular complexity index is 364. The van der Waals surface area contributed by atoms with E-state index < -0.39 is 5.97 Å². The van der Waals surface area contributed by atoms with Gasteiger partial charge in [-0.1, -0.05) is 6.92 Å². The highest BCUT2D eigenvalue weighted by atomic mass is 16.4. The molecule has 0 aromatic carbocycles. The molecule has 88 valence electrons. The topological polar surface area (TPSA) is 53.4 Å². The van der Waals surface area contributed by atoms with E-state index in [1.807, 2.05) is 0 Å². The molecule has 0 amide bonds. The quantitative estimate of drug-likeness (QED) is 0.831. The van der Waals surface area contributed by atoms with E-state index in [2.05, 4.69) is 30.7 Å². The monoisotopic (exact) mass is 222 g/mol. The van der Waals surface area contributed by atoms with Crippen LogP contribution in [0.2, 0.25) is 0 Å². The maximum absolute atomic E-state index is 11.1. The van der Waals surface area contributed by atoms with Crippen LogP contribution in [0.15, 0.2) is 18.5 Å². The Hall–Kier alpha value is -1.58. The summed E-state index contributed by atoms with van der Waals surface area (Å²) in [6, 6.07) is 2.04. The van der Waals surface area contributed by atoms with Crippen LogP contribution >= 0.6 is 0 Å². The zero-order valence-electron chi connectivity index (χ0n) is 9.97. The lowest BCUT2D eigenvalue weighted by atomic mass is 10.1. The molecule has 16 heavy (non-hydrogen) atoms. The molecule has 1 rings (SSSR count). The average molecular weight is 222 g/mol. The molecule has 1 aromatic heterocycles. The summed E-state index contributed by atoms with van der Waals surface area (Å²) in [6.07, 6.45) is 4.02. The zero-order chi connectivity index (χ0) is 12.1. The first-order chi connectivity index (χ1) is 7.57. The maximum atomic E-state index is 11.1. The highest BCUT2D eigenvalue weighted by Crippen LogP contribution is 2.21. The molecular weight excluding hydrogens is 204 g/mol. The first kappa shape index (κ1) is 12.5. The van der Waals surface area contributed by atoms with Crippen LogP contribution in [0.3, 0.4) is 0 Å². The number of hydrogen-bond acceptors (Lipinski definition) is 3. The largest absolute Gasteiger partial charge is 0.478 e. The Balaban J connectivity index is 3.12. The fraction of sp³-hybridized carbons (Fsp3) is 0.500. The van der Waals surface area contributed by atoms with Gasteiger partial charge in [0, 0.05) is 25.0 Å². The lowest BCUT2D eigenvalue weighted by molar-refractivity contribution is 0.0697. The molecule has 0 radical (unpaired) electrons. The highest BCUT2D eigenvalue weighted by molar-refractivity contribution is 5.94. The summed E-state index contributed by atoms with van der Waals surface area (Å²) in [5.41, 5.74) is 1.02. The number of hydrogen-bond donors (Lipinski definition) is 1. The fourth-order valence-electron chi connectivity index (χ4n) is 1.70. The maximum Gasteiger partial charge on any atom is 0.339 e. The van der Waals surface area contributed by atoms with Crippen LogP contribution in [0.4, 0.5) is 5.69 Å². The molecule has 0 atom stereocenters. The molecule has 0 bridgehead atoms. The Labute approximate surface area is 95.9 Å². The number of pyridine rings is 1. The van der Waals surface area contributed by atoms with Crippen molar-refractivity contribution in [2.75, 3.05) is 11.4 Å². The van der Waals surface area contributed by atoms with Gasteiger partial charge < -0.3 is 10.0 Å². The number of carboxylic acid groups (broad SMARTS) is 1. The number of anilines is 1. The zero-order valence-corrected chi connectivity index (χ0v) is 9.97. The van der Waals surface area contributed by atoms with Crippen LogP contribution in [0, 0.1) is 0 Å². The van der Waals surface area contributed by atoms with E-state index >= 15 is 0 Å². The first-order valence-corrected chi connectivity index (χ1v) is 5.51. The molecule has 0 aliphatic carbocycles. The van der Waals surface area contributed by atoms with Crippen molar-refractivity contribution in [3.8, 4) is 0 Å². The molecule has 1 N–H and O–H groups in total. The molecule has 0 saturated carbocycles. The van der Waals surface area contributed by atoms with Gasteiger partial charge in [0.1, 0.15) is 5.56 Å². The number of carboxylic acids is 1. The molecule has 0 fully saturated rings. The van der Waals surface area contributed by atoms with Gasteiger partial charge in [0.25, 0.3) is 0 Å². The predicted octanol–water partition coefficient (Wildman–Crippen LogP) is 2.40. The number of rotatable bonds is 5. The van der Waals surface area contributed by atoms with Gasteiger partial charge in [0.2, 0.25) is 0 Å². The van der Waals surface area contributed by atoms with E-state index in [1.165, 1.54) is 6.20 Å². The number of carbonyl (C=O) groups is 1. The van der Waals surface area contributed by atoms with Crippen molar-refractivity contribution in [2.24, 2.45) is 0 Å². The van der Waals surface area contributed by atoms with Gasteiger partial charge in [-0.05, 0) is 26.3 Å². The summed E-state index contributed by atoms with van der Waals surface area (Å²) in [7, 11) is 0. The minimum Gasteiger partial charge on any atom is -0.478 e. The van der Waals surface area contributed by atoms with Crippen molar-refractivity contribution in [2.45, 2.75) is 33.2 Å². The summed E-state index contributed by atoms with van der Waals surface area (Å²) >= 11 is 0. The molecule has 1 heterocycles. The molecule has 0 unspecified atom stereocenters. The third-order valence-corrected chi connectivity index (χ3v) is 2.43. The SMILES string of the molecule is CCCN(c1ccncc1C(=O)O)C(C)C. The van der Waals surface area contributed by atoms with Crippen LogP contribution in [0.25, 0.3) is 0 Å². The molecule has 1 aromatic rings. The van der Waals surface area contributed by atoms with Gasteiger partial charge in [-0.25, -0.2) is 4.79 Å². The minimum absolute atomic E-state index is 0.268. The van der Waals surface area contributed by atoms with E-state index in [0.29, 0.717) is 0 Å². The minimum atomic E-state index is -0.926. The van der Waals surface area contributed by atoms with E-state index in [4.69, 9.17) is 5.11 Å². The van der Waals surface area contributed by atoms with Gasteiger partial charge in [0.05, 0.1) is 5.69 Å². The Morgan fingerprint density at radius 2 is 2.25 bits per heavy atom. The number of aromatic nitrogens is 1. The van der Waals surface area contributed by atoms with Crippen molar-refractivity contribution in [1.29, 1.82) is 0 Å². The van der Waals surface area contributed by atoms with Gasteiger partial charge in [-0.15, -0.1) is 0 Å². The van der Waals surface area contributed by atoms with Crippen LogP contribution in [-0.2, 0) is 0 Å². The van der Waals surface area contributed by atoms with E-state index in [9.17, 15) is 4.79 Å². The second kappa shape index (κ2) is 5.49. The standard InChI is InChI=1S/C12H18N2O2/c1-4-7-14(9(2)3)11-5-6-13-8-10(11)12(15)16/h5-6,8-9H,4,7H2,1-3H3,(H,15,16). The van der Waals surface area contributed by atoms with Gasteiger partial charge in [-0.3, -0.25) is 4.98 Å². The first-order valence-electron chi connectivity index (χ1n) is 5.51. The fourth-order valence-corrected chi connectivity index (χ4v) is 1.70. The molecular formula is C12H18N2O2. The Morgan fingerprint density at radius 3 is 2.75 bits per heavy atom. The van der Waals surface area contributed by atoms with Crippen LogP contribution in [-0.4, -0.2) is 28.6 Å². The molecule has 0 aliphatic heterocycles. The smallest absolute Gasteiger partial charge is 0.339 e. The Morgan fingerprint density at radius 1 is 1.56 bits per heavy atom. The average Bonchev–Trinajstić information content (AvgIpc) is 2.25. The Kier molecular flexibility index (Phi) is 4.28. The molecule has 4 nitrogen and oxygen atoms in total. The summed E-state index contributed by atoms with van der Waals surface area (Å²) in [4.78, 5) is 17.0. The van der Waals surface area contributed by atoms with E-state index in [0.717, 1.165) is 18.7 Å². The van der Waals surface area contributed by atoms with Crippen LogP contribution < -0.4 is 4.90 Å². The molecule has 0 saturated heterocycles. The number of aromatic carboxylic acids is 1. The summed E-state index contributed by atoms with van der Waals surface area (Å²) in [5.74, 6) is -0.926. The summed E-state index contributed by atoms with van der Waals surface area (Å²) in [5, 5.41) is 9.10. The van der Waals surface area contributed by atoms with Crippen LogP contribution in [0.1, 0.15) is 37.6 Å². The third-order valence-electron chi connectivity index (χ3n) is 2.43. The van der Waals surface area contributed by atoms with Crippen molar-refractivity contribution in [3.05, 3.63) is 24.0 Å². The second-order valence-corrected chi connectivity index (χ2v) is 3.99. The van der Waals surface area contributed by atoms with Gasteiger partial charge >= 0.3 is 5.97 Å². The van der Waals surface area contributed by atoms with Crippen molar-refractivity contribution < 1.29 is 9.90 Å². The molecule has 0 aliphatic rings. The molecule has 4 heteroatoms. The van der Waals surface area contributed by atoms with E-state index in [1.54, 1.807) is 12.3 Å². The third kappa shape index (κ3) is 2.72. The van der Waals surface area contributed by atoms with Crippen LogP contribution in [0.5, 0.6) is 0 Å².